The van der Waals surface area contributed by atoms with Crippen LogP contribution in [0.4, 0.5) is 5.82 Å². The predicted molar refractivity (Wildman–Crippen MR) is 68.6 cm³/mol. The Kier molecular flexibility index (Phi) is 3.48. The van der Waals surface area contributed by atoms with Crippen LogP contribution < -0.4 is 4.72 Å². The van der Waals surface area contributed by atoms with E-state index in [2.05, 4.69) is 30.6 Å². The largest absolute Gasteiger partial charge is 0.508 e. The number of aromatic hydroxyl groups is 1. The number of benzene rings is 1. The fraction of sp³-hybridized carbons (Fsp3) is 0. The number of nitrogens with zero attached hydrogens (tertiary/aromatic N) is 2. The second-order valence-electron chi connectivity index (χ2n) is 3.33. The van der Waals surface area contributed by atoms with Gasteiger partial charge in [0.15, 0.2) is 5.82 Å². The van der Waals surface area contributed by atoms with Gasteiger partial charge in [0.05, 0.1) is 17.3 Å². The zero-order chi connectivity index (χ0) is 13.2. The zero-order valence-electron chi connectivity index (χ0n) is 8.91. The summed E-state index contributed by atoms with van der Waals surface area (Å²) in [5.41, 5.74) is 0. The zero-order valence-corrected chi connectivity index (χ0v) is 11.3. The Labute approximate surface area is 112 Å². The summed E-state index contributed by atoms with van der Waals surface area (Å²) in [4.78, 5) is 7.65. The Morgan fingerprint density at radius 1 is 1.22 bits per heavy atom. The highest BCUT2D eigenvalue weighted by molar-refractivity contribution is 9.10. The molecule has 1 heterocycles. The molecule has 2 N–H and O–H groups in total. The van der Waals surface area contributed by atoms with Gasteiger partial charge >= 0.3 is 0 Å². The lowest BCUT2D eigenvalue weighted by molar-refractivity contribution is 0.473. The molecule has 18 heavy (non-hydrogen) atoms. The Morgan fingerprint density at radius 3 is 2.61 bits per heavy atom. The van der Waals surface area contributed by atoms with E-state index < -0.39 is 10.0 Å². The standard InChI is InChI=1S/C10H8BrN3O3S/c11-9-5-13-10(6-12-9)14-18(16,17)8-3-1-2-7(15)4-8/h1-6,15H,(H,13,14). The van der Waals surface area contributed by atoms with Gasteiger partial charge in [0.1, 0.15) is 10.4 Å². The maximum atomic E-state index is 11.9. The van der Waals surface area contributed by atoms with Crippen molar-refractivity contribution in [2.24, 2.45) is 0 Å². The summed E-state index contributed by atoms with van der Waals surface area (Å²) >= 11 is 3.10. The number of phenolic OH excluding ortho intramolecular Hbond substituents is 1. The van der Waals surface area contributed by atoms with Crippen LogP contribution >= 0.6 is 15.9 Å². The molecular formula is C10H8BrN3O3S. The SMILES string of the molecule is O=S(=O)(Nc1cnc(Br)cn1)c1cccc(O)c1. The van der Waals surface area contributed by atoms with Crippen molar-refractivity contribution < 1.29 is 13.5 Å². The Bertz CT molecular complexity index is 658. The van der Waals surface area contributed by atoms with Crippen LogP contribution in [0.25, 0.3) is 0 Å². The van der Waals surface area contributed by atoms with Gasteiger partial charge in [-0.25, -0.2) is 18.4 Å². The average Bonchev–Trinajstić information content (AvgIpc) is 2.32. The van der Waals surface area contributed by atoms with Crippen molar-refractivity contribution in [3.05, 3.63) is 41.3 Å². The van der Waals surface area contributed by atoms with E-state index in [1.165, 1.54) is 30.6 Å². The monoisotopic (exact) mass is 329 g/mol. The van der Waals surface area contributed by atoms with E-state index in [0.29, 0.717) is 4.60 Å². The topological polar surface area (TPSA) is 92.2 Å². The Morgan fingerprint density at radius 2 is 2.00 bits per heavy atom. The summed E-state index contributed by atoms with van der Waals surface area (Å²) in [5.74, 6) is -0.0266. The van der Waals surface area contributed by atoms with Gasteiger partial charge in [-0.05, 0) is 28.1 Å². The maximum Gasteiger partial charge on any atom is 0.263 e. The summed E-state index contributed by atoms with van der Waals surface area (Å²) in [5, 5.41) is 9.25. The molecule has 0 aliphatic rings. The summed E-state index contributed by atoms with van der Waals surface area (Å²) in [6.07, 6.45) is 2.66. The molecule has 0 amide bonds. The van der Waals surface area contributed by atoms with Crippen molar-refractivity contribution in [3.8, 4) is 5.75 Å². The number of halogens is 1. The molecule has 1 aromatic heterocycles. The number of nitrogens with one attached hydrogen (secondary N) is 1. The average molecular weight is 330 g/mol. The van der Waals surface area contributed by atoms with Crippen LogP contribution in [-0.2, 0) is 10.0 Å². The number of rotatable bonds is 3. The first kappa shape index (κ1) is 12.8. The molecule has 0 atom stereocenters. The molecule has 0 saturated heterocycles. The summed E-state index contributed by atoms with van der Waals surface area (Å²) in [6, 6.07) is 5.35. The molecular weight excluding hydrogens is 322 g/mol. The lowest BCUT2D eigenvalue weighted by atomic mass is 10.3. The summed E-state index contributed by atoms with van der Waals surface area (Å²) in [7, 11) is -3.78. The third-order valence-electron chi connectivity index (χ3n) is 1.99. The van der Waals surface area contributed by atoms with Gasteiger partial charge in [0, 0.05) is 6.07 Å². The molecule has 0 fully saturated rings. The van der Waals surface area contributed by atoms with E-state index >= 15 is 0 Å². The second kappa shape index (κ2) is 4.91. The maximum absolute atomic E-state index is 11.9. The Hall–Kier alpha value is -1.67. The van der Waals surface area contributed by atoms with Crippen LogP contribution in [-0.4, -0.2) is 23.5 Å². The molecule has 1 aromatic carbocycles. The van der Waals surface area contributed by atoms with Gasteiger partial charge in [0.25, 0.3) is 10.0 Å². The van der Waals surface area contributed by atoms with Gasteiger partial charge < -0.3 is 5.11 Å². The molecule has 0 saturated carbocycles. The van der Waals surface area contributed by atoms with Crippen molar-refractivity contribution in [3.63, 3.8) is 0 Å². The third-order valence-corrected chi connectivity index (χ3v) is 3.75. The van der Waals surface area contributed by atoms with Crippen molar-refractivity contribution >= 4 is 31.8 Å². The van der Waals surface area contributed by atoms with Gasteiger partial charge in [-0.15, -0.1) is 0 Å². The number of phenols is 1. The predicted octanol–water partition coefficient (Wildman–Crippen LogP) is 1.75. The molecule has 0 aliphatic heterocycles. The third kappa shape index (κ3) is 2.96. The quantitative estimate of drug-likeness (QED) is 0.894. The highest BCUT2D eigenvalue weighted by Crippen LogP contribution is 2.18. The lowest BCUT2D eigenvalue weighted by Crippen LogP contribution is -2.13. The van der Waals surface area contributed by atoms with E-state index in [0.717, 1.165) is 6.07 Å². The van der Waals surface area contributed by atoms with E-state index in [1.54, 1.807) is 0 Å². The normalized spacial score (nSPS) is 11.2. The van der Waals surface area contributed by atoms with Crippen molar-refractivity contribution in [1.82, 2.24) is 9.97 Å². The van der Waals surface area contributed by atoms with Crippen LogP contribution in [0.5, 0.6) is 5.75 Å². The second-order valence-corrected chi connectivity index (χ2v) is 5.82. The minimum absolute atomic E-state index is 0.0489. The van der Waals surface area contributed by atoms with Crippen molar-refractivity contribution in [2.45, 2.75) is 4.90 Å². The molecule has 0 spiro atoms. The highest BCUT2D eigenvalue weighted by Gasteiger charge is 2.15. The fourth-order valence-corrected chi connectivity index (χ4v) is 2.45. The molecule has 94 valence electrons. The van der Waals surface area contributed by atoms with Crippen LogP contribution in [0.1, 0.15) is 0 Å². The van der Waals surface area contributed by atoms with Crippen LogP contribution in [0.3, 0.4) is 0 Å². The van der Waals surface area contributed by atoms with Gasteiger partial charge in [-0.1, -0.05) is 6.07 Å². The van der Waals surface area contributed by atoms with E-state index in [1.807, 2.05) is 0 Å². The number of sulfonamides is 1. The van der Waals surface area contributed by atoms with Gasteiger partial charge in [0.2, 0.25) is 0 Å². The molecule has 0 bridgehead atoms. The molecule has 0 aliphatic carbocycles. The molecule has 6 nitrogen and oxygen atoms in total. The van der Waals surface area contributed by atoms with E-state index in [-0.39, 0.29) is 16.5 Å². The molecule has 0 unspecified atom stereocenters. The Balaban J connectivity index is 2.30. The summed E-state index contributed by atoms with van der Waals surface area (Å²) in [6.45, 7) is 0. The number of aromatic nitrogens is 2. The lowest BCUT2D eigenvalue weighted by Gasteiger charge is -2.06. The smallest absolute Gasteiger partial charge is 0.263 e. The minimum atomic E-state index is -3.78. The molecule has 2 aromatic rings. The number of hydrogen-bond acceptors (Lipinski definition) is 5. The number of anilines is 1. The first-order chi connectivity index (χ1) is 8.47. The van der Waals surface area contributed by atoms with E-state index in [9.17, 15) is 13.5 Å². The van der Waals surface area contributed by atoms with E-state index in [4.69, 9.17) is 0 Å². The van der Waals surface area contributed by atoms with Crippen LogP contribution in [0.15, 0.2) is 46.2 Å². The minimum Gasteiger partial charge on any atom is -0.508 e. The molecule has 2 rings (SSSR count). The van der Waals surface area contributed by atoms with Crippen molar-refractivity contribution in [1.29, 1.82) is 0 Å². The molecule has 8 heteroatoms. The van der Waals surface area contributed by atoms with Crippen molar-refractivity contribution in [2.75, 3.05) is 4.72 Å². The molecule has 0 radical (unpaired) electrons. The fourth-order valence-electron chi connectivity index (χ4n) is 1.21. The number of hydrogen-bond donors (Lipinski definition) is 2. The van der Waals surface area contributed by atoms with Crippen LogP contribution in [0, 0.1) is 0 Å². The van der Waals surface area contributed by atoms with Crippen LogP contribution in [0.2, 0.25) is 0 Å². The van der Waals surface area contributed by atoms with Gasteiger partial charge in [-0.3, -0.25) is 4.72 Å². The van der Waals surface area contributed by atoms with Gasteiger partial charge in [-0.2, -0.15) is 0 Å². The highest BCUT2D eigenvalue weighted by atomic mass is 79.9. The first-order valence-electron chi connectivity index (χ1n) is 4.77. The first-order valence-corrected chi connectivity index (χ1v) is 7.04. The summed E-state index contributed by atoms with van der Waals surface area (Å²) < 4.78 is 26.6.